The molecule has 3 atom stereocenters. The molecular weight excluding hydrogens is 128 g/mol. The van der Waals surface area contributed by atoms with Crippen LogP contribution < -0.4 is 0 Å². The Morgan fingerprint density at radius 1 is 1.33 bits per heavy atom. The van der Waals surface area contributed by atoms with Crippen molar-refractivity contribution in [2.24, 2.45) is 17.8 Å². The van der Waals surface area contributed by atoms with Crippen LogP contribution in [0.2, 0.25) is 0 Å². The molecule has 2 aliphatic carbocycles. The maximum Gasteiger partial charge on any atom is -0.00637 e. The maximum absolute atomic E-state index is 4.32. The summed E-state index contributed by atoms with van der Waals surface area (Å²) in [7, 11) is 0. The molecule has 1 heteroatoms. The van der Waals surface area contributed by atoms with Gasteiger partial charge in [0, 0.05) is 0 Å². The van der Waals surface area contributed by atoms with Gasteiger partial charge in [-0.05, 0) is 36.3 Å². The number of hydrogen-bond acceptors (Lipinski definition) is 1. The molecule has 2 aliphatic rings. The van der Waals surface area contributed by atoms with E-state index >= 15 is 0 Å². The molecule has 0 radical (unpaired) electrons. The third-order valence-corrected chi connectivity index (χ3v) is 3.12. The Labute approximate surface area is 61.7 Å². The molecule has 0 spiro atoms. The fraction of sp³-hybridized carbons (Fsp3) is 0.750. The second-order valence-corrected chi connectivity index (χ2v) is 3.59. The van der Waals surface area contributed by atoms with E-state index in [4.69, 9.17) is 0 Å². The van der Waals surface area contributed by atoms with Gasteiger partial charge in [0.1, 0.15) is 0 Å². The maximum atomic E-state index is 4.32. The predicted octanol–water partition coefficient (Wildman–Crippen LogP) is 2.13. The summed E-state index contributed by atoms with van der Waals surface area (Å²) in [5.41, 5.74) is 0. The van der Waals surface area contributed by atoms with Crippen molar-refractivity contribution >= 4 is 12.6 Å². The van der Waals surface area contributed by atoms with Gasteiger partial charge in [0.05, 0.1) is 0 Å². The zero-order valence-corrected chi connectivity index (χ0v) is 6.35. The van der Waals surface area contributed by atoms with E-state index in [0.717, 1.165) is 23.5 Å². The number of hydrogen-bond donors (Lipinski definition) is 1. The molecule has 50 valence electrons. The molecule has 0 aromatic heterocycles. The minimum Gasteiger partial charge on any atom is -0.179 e. The summed E-state index contributed by atoms with van der Waals surface area (Å²) in [6.45, 7) is 0. The van der Waals surface area contributed by atoms with Crippen LogP contribution in [-0.4, -0.2) is 5.75 Å². The van der Waals surface area contributed by atoms with Crippen LogP contribution in [0.15, 0.2) is 12.2 Å². The fourth-order valence-electron chi connectivity index (χ4n) is 2.10. The fourth-order valence-corrected chi connectivity index (χ4v) is 2.52. The molecule has 0 amide bonds. The van der Waals surface area contributed by atoms with Crippen molar-refractivity contribution in [3.63, 3.8) is 0 Å². The average Bonchev–Trinajstić information content (AvgIpc) is 2.45. The molecule has 0 nitrogen and oxygen atoms in total. The zero-order valence-electron chi connectivity index (χ0n) is 5.46. The minimum atomic E-state index is 0.896. The van der Waals surface area contributed by atoms with Gasteiger partial charge in [-0.3, -0.25) is 0 Å². The summed E-state index contributed by atoms with van der Waals surface area (Å²) in [4.78, 5) is 0. The van der Waals surface area contributed by atoms with Crippen LogP contribution >= 0.6 is 12.6 Å². The Balaban J connectivity index is 2.10. The topological polar surface area (TPSA) is 0 Å². The highest BCUT2D eigenvalue weighted by Gasteiger charge is 2.34. The molecule has 1 saturated carbocycles. The molecule has 0 aliphatic heterocycles. The third-order valence-electron chi connectivity index (χ3n) is 2.65. The first-order valence-corrected chi connectivity index (χ1v) is 4.32. The van der Waals surface area contributed by atoms with Gasteiger partial charge in [-0.25, -0.2) is 0 Å². The van der Waals surface area contributed by atoms with Gasteiger partial charge in [0.15, 0.2) is 0 Å². The van der Waals surface area contributed by atoms with E-state index in [1.165, 1.54) is 12.8 Å². The number of rotatable bonds is 1. The lowest BCUT2D eigenvalue weighted by molar-refractivity contribution is 0.503. The molecule has 0 heterocycles. The third kappa shape index (κ3) is 0.823. The second kappa shape index (κ2) is 2.05. The standard InChI is InChI=1S/C8H12S/c9-5-8-4-6-1-2-7(8)3-6/h1-2,6-9H,3-5H2/t6-,7+,8+/m0/s1. The first kappa shape index (κ1) is 5.84. The second-order valence-electron chi connectivity index (χ2n) is 3.22. The first-order chi connectivity index (χ1) is 4.40. The summed E-state index contributed by atoms with van der Waals surface area (Å²) in [6, 6.07) is 0. The van der Waals surface area contributed by atoms with Crippen molar-refractivity contribution in [3.8, 4) is 0 Å². The summed E-state index contributed by atoms with van der Waals surface area (Å²) >= 11 is 4.32. The van der Waals surface area contributed by atoms with Gasteiger partial charge in [0.2, 0.25) is 0 Å². The summed E-state index contributed by atoms with van der Waals surface area (Å²) in [5.74, 6) is 3.81. The molecular formula is C8H12S. The highest BCUT2D eigenvalue weighted by Crippen LogP contribution is 2.43. The highest BCUT2D eigenvalue weighted by atomic mass is 32.1. The molecule has 0 aromatic carbocycles. The van der Waals surface area contributed by atoms with Crippen LogP contribution in [0.1, 0.15) is 12.8 Å². The van der Waals surface area contributed by atoms with Crippen molar-refractivity contribution in [3.05, 3.63) is 12.2 Å². The molecule has 0 saturated heterocycles. The van der Waals surface area contributed by atoms with Crippen LogP contribution in [0.5, 0.6) is 0 Å². The van der Waals surface area contributed by atoms with Crippen LogP contribution in [0, 0.1) is 17.8 Å². The molecule has 0 aromatic rings. The summed E-state index contributed by atoms with van der Waals surface area (Å²) in [5, 5.41) is 0. The zero-order chi connectivity index (χ0) is 6.27. The van der Waals surface area contributed by atoms with E-state index in [2.05, 4.69) is 24.8 Å². The number of fused-ring (bicyclic) bond motifs is 2. The molecule has 2 bridgehead atoms. The van der Waals surface area contributed by atoms with Crippen LogP contribution in [0.3, 0.4) is 0 Å². The van der Waals surface area contributed by atoms with Crippen molar-refractivity contribution in [2.45, 2.75) is 12.8 Å². The quantitative estimate of drug-likeness (QED) is 0.418. The average molecular weight is 140 g/mol. The Hall–Kier alpha value is 0.0900. The Bertz CT molecular complexity index is 140. The van der Waals surface area contributed by atoms with E-state index in [0.29, 0.717) is 0 Å². The van der Waals surface area contributed by atoms with Crippen molar-refractivity contribution in [2.75, 3.05) is 5.75 Å². The lowest BCUT2D eigenvalue weighted by atomic mass is 9.96. The molecule has 9 heavy (non-hydrogen) atoms. The van der Waals surface area contributed by atoms with Crippen LogP contribution in [-0.2, 0) is 0 Å². The van der Waals surface area contributed by atoms with Gasteiger partial charge < -0.3 is 0 Å². The lowest BCUT2D eigenvalue weighted by Gasteiger charge is -2.13. The molecule has 1 fully saturated rings. The van der Waals surface area contributed by atoms with Gasteiger partial charge in [-0.1, -0.05) is 12.2 Å². The predicted molar refractivity (Wildman–Crippen MR) is 42.7 cm³/mol. The normalized spacial score (nSPS) is 46.6. The minimum absolute atomic E-state index is 0.896. The Morgan fingerprint density at radius 2 is 2.22 bits per heavy atom. The van der Waals surface area contributed by atoms with E-state index in [1.54, 1.807) is 0 Å². The van der Waals surface area contributed by atoms with E-state index in [-0.39, 0.29) is 0 Å². The van der Waals surface area contributed by atoms with Crippen LogP contribution in [0.4, 0.5) is 0 Å². The van der Waals surface area contributed by atoms with Crippen molar-refractivity contribution in [1.29, 1.82) is 0 Å². The monoisotopic (exact) mass is 140 g/mol. The number of thiol groups is 1. The summed E-state index contributed by atoms with van der Waals surface area (Å²) < 4.78 is 0. The molecule has 0 N–H and O–H groups in total. The van der Waals surface area contributed by atoms with Gasteiger partial charge in [-0.2, -0.15) is 12.6 Å². The Kier molecular flexibility index (Phi) is 1.33. The number of allylic oxidation sites excluding steroid dienone is 2. The van der Waals surface area contributed by atoms with E-state index in [9.17, 15) is 0 Å². The summed E-state index contributed by atoms with van der Waals surface area (Å²) in [6.07, 6.45) is 7.59. The SMILES string of the molecule is SC[C@H]1C[C@H]2C=C[C@@H]1C2. The van der Waals surface area contributed by atoms with E-state index in [1.807, 2.05) is 0 Å². The lowest BCUT2D eigenvalue weighted by Crippen LogP contribution is -2.07. The van der Waals surface area contributed by atoms with Gasteiger partial charge in [0.25, 0.3) is 0 Å². The Morgan fingerprint density at radius 3 is 2.56 bits per heavy atom. The smallest absolute Gasteiger partial charge is 0.00637 e. The largest absolute Gasteiger partial charge is 0.179 e. The van der Waals surface area contributed by atoms with Crippen LogP contribution in [0.25, 0.3) is 0 Å². The van der Waals surface area contributed by atoms with E-state index < -0.39 is 0 Å². The van der Waals surface area contributed by atoms with Crippen molar-refractivity contribution < 1.29 is 0 Å². The van der Waals surface area contributed by atoms with Gasteiger partial charge in [-0.15, -0.1) is 0 Å². The molecule has 2 rings (SSSR count). The highest BCUT2D eigenvalue weighted by molar-refractivity contribution is 7.80. The van der Waals surface area contributed by atoms with Crippen molar-refractivity contribution in [1.82, 2.24) is 0 Å². The van der Waals surface area contributed by atoms with Gasteiger partial charge >= 0.3 is 0 Å². The first-order valence-electron chi connectivity index (χ1n) is 3.69. The molecule has 0 unspecified atom stereocenters.